The number of anilines is 2. The second kappa shape index (κ2) is 7.20. The highest BCUT2D eigenvalue weighted by Crippen LogP contribution is 2.47. The number of phenols is 1. The lowest BCUT2D eigenvalue weighted by Crippen LogP contribution is -2.29. The summed E-state index contributed by atoms with van der Waals surface area (Å²) in [6.45, 7) is 2.01. The average molecular weight is 454 g/mol. The maximum Gasteiger partial charge on any atom is 0.340 e. The topological polar surface area (TPSA) is 122 Å². The number of fused-ring (bicyclic) bond motifs is 4. The minimum atomic E-state index is -0.533. The lowest BCUT2D eigenvalue weighted by molar-refractivity contribution is 0.0602. The van der Waals surface area contributed by atoms with Crippen molar-refractivity contribution >= 4 is 56.7 Å². The summed E-state index contributed by atoms with van der Waals surface area (Å²) in [5.41, 5.74) is 9.42. The SMILES string of the molecule is COC(=O)c1c(C)[nH]c2c(O)cc3c(c12)[C@H](CCl)CN3C(=O)c1cc2cc(N)ccc2o1. The van der Waals surface area contributed by atoms with Crippen molar-refractivity contribution in [1.29, 1.82) is 0 Å². The molecule has 1 aliphatic heterocycles. The van der Waals surface area contributed by atoms with E-state index in [4.69, 9.17) is 26.5 Å². The first-order valence-corrected chi connectivity index (χ1v) is 10.5. The molecule has 0 bridgehead atoms. The number of nitrogens with one attached hydrogen (secondary N) is 1. The number of halogens is 1. The molecule has 1 atom stereocenters. The predicted octanol–water partition coefficient (Wildman–Crippen LogP) is 4.28. The number of carbonyl (C=O) groups is 2. The van der Waals surface area contributed by atoms with Crippen LogP contribution in [0.2, 0.25) is 0 Å². The number of hydrogen-bond acceptors (Lipinski definition) is 6. The number of nitrogen functional groups attached to an aromatic ring is 1. The first-order valence-electron chi connectivity index (χ1n) is 9.97. The molecule has 0 spiro atoms. The lowest BCUT2D eigenvalue weighted by atomic mass is 9.95. The van der Waals surface area contributed by atoms with Crippen LogP contribution >= 0.6 is 11.6 Å². The zero-order valence-electron chi connectivity index (χ0n) is 17.4. The zero-order valence-corrected chi connectivity index (χ0v) is 18.1. The Bertz CT molecular complexity index is 1420. The molecule has 2 aromatic carbocycles. The van der Waals surface area contributed by atoms with E-state index in [1.54, 1.807) is 31.2 Å². The van der Waals surface area contributed by atoms with Gasteiger partial charge >= 0.3 is 5.97 Å². The summed E-state index contributed by atoms with van der Waals surface area (Å²) in [6, 6.07) is 8.30. The number of aromatic nitrogens is 1. The monoisotopic (exact) mass is 453 g/mol. The summed E-state index contributed by atoms with van der Waals surface area (Å²) in [5, 5.41) is 11.9. The first-order chi connectivity index (χ1) is 15.3. The number of amides is 1. The molecule has 164 valence electrons. The molecule has 3 heterocycles. The van der Waals surface area contributed by atoms with E-state index in [1.165, 1.54) is 18.1 Å². The second-order valence-electron chi connectivity index (χ2n) is 7.87. The van der Waals surface area contributed by atoms with E-state index in [-0.39, 0.29) is 35.8 Å². The molecule has 9 heteroatoms. The van der Waals surface area contributed by atoms with Crippen LogP contribution in [0.15, 0.2) is 34.7 Å². The quantitative estimate of drug-likeness (QED) is 0.242. The highest BCUT2D eigenvalue weighted by atomic mass is 35.5. The summed E-state index contributed by atoms with van der Waals surface area (Å²) in [4.78, 5) is 30.5. The van der Waals surface area contributed by atoms with Crippen molar-refractivity contribution in [3.8, 4) is 5.75 Å². The van der Waals surface area contributed by atoms with Gasteiger partial charge in [0.25, 0.3) is 5.91 Å². The molecule has 4 N–H and O–H groups in total. The minimum Gasteiger partial charge on any atom is -0.506 e. The molecule has 0 saturated heterocycles. The molecule has 1 amide bonds. The fraction of sp³-hybridized carbons (Fsp3) is 0.217. The summed E-state index contributed by atoms with van der Waals surface area (Å²) >= 11 is 6.28. The number of rotatable bonds is 3. The fourth-order valence-electron chi connectivity index (χ4n) is 4.52. The third-order valence-corrected chi connectivity index (χ3v) is 6.31. The molecule has 0 unspecified atom stereocenters. The van der Waals surface area contributed by atoms with Gasteiger partial charge in [0.15, 0.2) is 5.76 Å². The van der Waals surface area contributed by atoms with Crippen molar-refractivity contribution < 1.29 is 23.8 Å². The Morgan fingerprint density at radius 2 is 2.12 bits per heavy atom. The minimum absolute atomic E-state index is 0.0811. The van der Waals surface area contributed by atoms with Crippen molar-refractivity contribution in [3.05, 3.63) is 52.9 Å². The molecule has 32 heavy (non-hydrogen) atoms. The van der Waals surface area contributed by atoms with Crippen LogP contribution in [-0.2, 0) is 4.74 Å². The molecule has 0 radical (unpaired) electrons. The third kappa shape index (κ3) is 2.83. The molecule has 0 fully saturated rings. The molecular weight excluding hydrogens is 434 g/mol. The van der Waals surface area contributed by atoms with Gasteiger partial charge in [-0.3, -0.25) is 4.79 Å². The van der Waals surface area contributed by atoms with Gasteiger partial charge in [-0.25, -0.2) is 4.79 Å². The molecule has 0 saturated carbocycles. The standard InChI is InChI=1S/C23H20ClN3O5/c1-10-18(23(30)31-2)20-19-12(8-24)9-27(14(19)7-15(28)21(20)26-10)22(29)17-6-11-5-13(25)3-4-16(11)32-17/h3-7,12,26,28H,8-9,25H2,1-2H3/t12-/m1/s1. The Morgan fingerprint density at radius 3 is 2.84 bits per heavy atom. The number of nitrogens with two attached hydrogens (primary N) is 1. The third-order valence-electron chi connectivity index (χ3n) is 5.94. The average Bonchev–Trinajstić information content (AvgIpc) is 3.45. The molecule has 4 aromatic rings. The number of methoxy groups -OCH3 is 1. The van der Waals surface area contributed by atoms with E-state index in [0.29, 0.717) is 50.1 Å². The summed E-state index contributed by atoms with van der Waals surface area (Å²) in [7, 11) is 1.30. The first kappa shape index (κ1) is 20.3. The van der Waals surface area contributed by atoms with E-state index in [9.17, 15) is 14.7 Å². The number of aromatic hydroxyl groups is 1. The van der Waals surface area contributed by atoms with Crippen molar-refractivity contribution in [2.75, 3.05) is 30.2 Å². The smallest absolute Gasteiger partial charge is 0.340 e. The van der Waals surface area contributed by atoms with Crippen LogP contribution in [0.4, 0.5) is 11.4 Å². The van der Waals surface area contributed by atoms with Gasteiger partial charge in [0.05, 0.1) is 23.9 Å². The van der Waals surface area contributed by atoms with E-state index in [2.05, 4.69) is 4.98 Å². The Kier molecular flexibility index (Phi) is 4.56. The number of H-pyrrole nitrogens is 1. The Hall–Kier alpha value is -3.65. The highest BCUT2D eigenvalue weighted by molar-refractivity contribution is 6.20. The number of ether oxygens (including phenoxy) is 1. The van der Waals surface area contributed by atoms with Gasteiger partial charge in [0.2, 0.25) is 0 Å². The maximum atomic E-state index is 13.4. The number of nitrogens with zero attached hydrogens (tertiary/aromatic N) is 1. The van der Waals surface area contributed by atoms with Crippen LogP contribution in [0, 0.1) is 6.92 Å². The number of aromatic amines is 1. The Morgan fingerprint density at radius 1 is 1.34 bits per heavy atom. The van der Waals surface area contributed by atoms with E-state index in [1.807, 2.05) is 0 Å². The van der Waals surface area contributed by atoms with Gasteiger partial charge in [0.1, 0.15) is 11.3 Å². The van der Waals surface area contributed by atoms with Crippen LogP contribution in [0.5, 0.6) is 5.75 Å². The summed E-state index contributed by atoms with van der Waals surface area (Å²) in [5.74, 6) is -0.878. The summed E-state index contributed by atoms with van der Waals surface area (Å²) in [6.07, 6.45) is 0. The number of hydrogen-bond donors (Lipinski definition) is 3. The van der Waals surface area contributed by atoms with Gasteiger partial charge in [-0.05, 0) is 36.8 Å². The van der Waals surface area contributed by atoms with Crippen LogP contribution in [0.25, 0.3) is 21.9 Å². The normalized spacial score (nSPS) is 15.5. The van der Waals surface area contributed by atoms with E-state index in [0.717, 1.165) is 0 Å². The van der Waals surface area contributed by atoms with Gasteiger partial charge in [-0.1, -0.05) is 0 Å². The molecule has 2 aromatic heterocycles. The number of phenolic OH excluding ortho intramolecular Hbond substituents is 1. The fourth-order valence-corrected chi connectivity index (χ4v) is 4.77. The highest BCUT2D eigenvalue weighted by Gasteiger charge is 2.38. The van der Waals surface area contributed by atoms with Crippen LogP contribution in [0.1, 0.15) is 38.1 Å². The van der Waals surface area contributed by atoms with Crippen LogP contribution < -0.4 is 10.6 Å². The van der Waals surface area contributed by atoms with Crippen molar-refractivity contribution in [1.82, 2.24) is 4.98 Å². The van der Waals surface area contributed by atoms with Gasteiger partial charge < -0.3 is 29.9 Å². The van der Waals surface area contributed by atoms with Gasteiger partial charge in [0, 0.05) is 46.6 Å². The lowest BCUT2D eigenvalue weighted by Gasteiger charge is -2.16. The van der Waals surface area contributed by atoms with Gasteiger partial charge in [-0.15, -0.1) is 11.6 Å². The van der Waals surface area contributed by atoms with E-state index >= 15 is 0 Å². The van der Waals surface area contributed by atoms with Crippen molar-refractivity contribution in [2.45, 2.75) is 12.8 Å². The summed E-state index contributed by atoms with van der Waals surface area (Å²) < 4.78 is 10.7. The van der Waals surface area contributed by atoms with E-state index < -0.39 is 5.97 Å². The number of alkyl halides is 1. The predicted molar refractivity (Wildman–Crippen MR) is 122 cm³/mol. The molecule has 1 aliphatic rings. The number of aryl methyl sites for hydroxylation is 1. The number of esters is 1. The number of furan rings is 1. The number of benzene rings is 2. The van der Waals surface area contributed by atoms with Crippen molar-refractivity contribution in [2.24, 2.45) is 0 Å². The molecule has 8 nitrogen and oxygen atoms in total. The van der Waals surface area contributed by atoms with Crippen LogP contribution in [0.3, 0.4) is 0 Å². The Balaban J connectivity index is 1.69. The van der Waals surface area contributed by atoms with Gasteiger partial charge in [-0.2, -0.15) is 0 Å². The number of carbonyl (C=O) groups excluding carboxylic acids is 2. The second-order valence-corrected chi connectivity index (χ2v) is 8.18. The van der Waals surface area contributed by atoms with Crippen molar-refractivity contribution in [3.63, 3.8) is 0 Å². The molecule has 5 rings (SSSR count). The van der Waals surface area contributed by atoms with Crippen LogP contribution in [-0.4, -0.2) is 41.5 Å². The molecule has 0 aliphatic carbocycles. The zero-order chi connectivity index (χ0) is 22.7. The maximum absolute atomic E-state index is 13.4. The largest absolute Gasteiger partial charge is 0.506 e. The molecular formula is C23H20ClN3O5. The Labute approximate surface area is 187 Å².